The summed E-state index contributed by atoms with van der Waals surface area (Å²) < 4.78 is 57.5. The molecule has 140 valence electrons. The molecule has 0 bridgehead atoms. The quantitative estimate of drug-likeness (QED) is 0.803. The average Bonchev–Trinajstić information content (AvgIpc) is 2.57. The zero-order valence-electron chi connectivity index (χ0n) is 13.8. The highest BCUT2D eigenvalue weighted by Gasteiger charge is 2.27. The number of nitrogens with one attached hydrogen (secondary N) is 1. The predicted molar refractivity (Wildman–Crippen MR) is 92.8 cm³/mol. The smallest absolute Gasteiger partial charge is 0.247 e. The Balaban J connectivity index is 2.19. The first-order chi connectivity index (χ1) is 12.1. The van der Waals surface area contributed by atoms with Gasteiger partial charge in [0.15, 0.2) is 0 Å². The summed E-state index contributed by atoms with van der Waals surface area (Å²) in [5.41, 5.74) is -0.262. The summed E-state index contributed by atoms with van der Waals surface area (Å²) in [6, 6.07) is 6.66. The van der Waals surface area contributed by atoms with Crippen LogP contribution in [0.15, 0.2) is 41.3 Å². The van der Waals surface area contributed by atoms with Gasteiger partial charge in [0.2, 0.25) is 15.9 Å². The Morgan fingerprint density at radius 2 is 1.92 bits per heavy atom. The summed E-state index contributed by atoms with van der Waals surface area (Å²) in [6.45, 7) is -0.602. The number of benzene rings is 2. The number of sulfonamides is 1. The molecule has 0 spiro atoms. The fourth-order valence-corrected chi connectivity index (χ4v) is 3.63. The van der Waals surface area contributed by atoms with Crippen LogP contribution in [-0.4, -0.2) is 39.3 Å². The fourth-order valence-electron chi connectivity index (χ4n) is 2.09. The molecule has 0 aliphatic heterocycles. The first-order valence-electron chi connectivity index (χ1n) is 7.20. The molecule has 2 aromatic rings. The molecule has 10 heteroatoms. The van der Waals surface area contributed by atoms with E-state index >= 15 is 0 Å². The monoisotopic (exact) mass is 404 g/mol. The minimum absolute atomic E-state index is 0.0613. The summed E-state index contributed by atoms with van der Waals surface area (Å²) in [5.74, 6) is -2.51. The Bertz CT molecular complexity index is 938. The van der Waals surface area contributed by atoms with Gasteiger partial charge in [0.1, 0.15) is 22.3 Å². The summed E-state index contributed by atoms with van der Waals surface area (Å²) in [4.78, 5) is 11.8. The number of carbonyl (C=O) groups excluding carboxylic acids is 1. The Morgan fingerprint density at radius 3 is 2.54 bits per heavy atom. The lowest BCUT2D eigenvalue weighted by Gasteiger charge is -2.18. The van der Waals surface area contributed by atoms with Gasteiger partial charge in [0.05, 0.1) is 19.3 Å². The Morgan fingerprint density at radius 1 is 1.23 bits per heavy atom. The number of amides is 1. The number of hydrogen-bond acceptors (Lipinski definition) is 4. The Kier molecular flexibility index (Phi) is 6.17. The van der Waals surface area contributed by atoms with Crippen LogP contribution in [0.5, 0.6) is 5.75 Å². The van der Waals surface area contributed by atoms with E-state index < -0.39 is 34.1 Å². The van der Waals surface area contributed by atoms with Gasteiger partial charge in [-0.05, 0) is 30.3 Å². The van der Waals surface area contributed by atoms with Gasteiger partial charge in [-0.3, -0.25) is 4.79 Å². The average molecular weight is 405 g/mol. The second-order valence-corrected chi connectivity index (χ2v) is 7.68. The first-order valence-corrected chi connectivity index (χ1v) is 9.01. The molecule has 0 aliphatic rings. The lowest BCUT2D eigenvalue weighted by atomic mass is 10.3. The van der Waals surface area contributed by atoms with Crippen molar-refractivity contribution >= 4 is 33.2 Å². The van der Waals surface area contributed by atoms with Gasteiger partial charge in [-0.1, -0.05) is 11.6 Å². The van der Waals surface area contributed by atoms with Crippen molar-refractivity contribution in [2.24, 2.45) is 0 Å². The van der Waals surface area contributed by atoms with Crippen molar-refractivity contribution in [2.75, 3.05) is 26.0 Å². The third kappa shape index (κ3) is 4.48. The molecule has 0 saturated carbocycles. The lowest BCUT2D eigenvalue weighted by molar-refractivity contribution is -0.116. The van der Waals surface area contributed by atoms with Crippen LogP contribution in [0.3, 0.4) is 0 Å². The van der Waals surface area contributed by atoms with Crippen molar-refractivity contribution in [3.05, 3.63) is 53.1 Å². The van der Waals surface area contributed by atoms with Crippen LogP contribution < -0.4 is 10.1 Å². The minimum Gasteiger partial charge on any atom is -0.495 e. The van der Waals surface area contributed by atoms with Crippen molar-refractivity contribution in [3.63, 3.8) is 0 Å². The molecule has 2 rings (SSSR count). The third-order valence-electron chi connectivity index (χ3n) is 3.39. The number of carbonyl (C=O) groups is 1. The van der Waals surface area contributed by atoms with E-state index in [2.05, 4.69) is 5.32 Å². The molecule has 0 fully saturated rings. The van der Waals surface area contributed by atoms with Crippen LogP contribution in [0.2, 0.25) is 5.02 Å². The van der Waals surface area contributed by atoms with Gasteiger partial charge < -0.3 is 10.1 Å². The van der Waals surface area contributed by atoms with Crippen molar-refractivity contribution in [2.45, 2.75) is 4.90 Å². The molecule has 0 aromatic heterocycles. The van der Waals surface area contributed by atoms with E-state index in [1.54, 1.807) is 0 Å². The Hall–Kier alpha value is -2.23. The van der Waals surface area contributed by atoms with E-state index in [4.69, 9.17) is 16.3 Å². The van der Waals surface area contributed by atoms with Crippen LogP contribution in [0, 0.1) is 11.6 Å². The van der Waals surface area contributed by atoms with Crippen LogP contribution in [0.25, 0.3) is 0 Å². The van der Waals surface area contributed by atoms with Gasteiger partial charge in [-0.15, -0.1) is 0 Å². The van der Waals surface area contributed by atoms with E-state index in [1.165, 1.54) is 32.4 Å². The molecule has 2 aromatic carbocycles. The van der Waals surface area contributed by atoms with Gasteiger partial charge >= 0.3 is 0 Å². The molecule has 0 radical (unpaired) electrons. The van der Waals surface area contributed by atoms with Crippen LogP contribution >= 0.6 is 11.6 Å². The molecule has 0 aliphatic carbocycles. The fraction of sp³-hybridized carbons (Fsp3) is 0.188. The standard InChI is InChI=1S/C16H15ClF2N2O4S/c1-21(9-16(22)20-13-5-4-11(18)8-12(13)19)26(23,24)15-7-10(17)3-6-14(15)25-2/h3-8H,9H2,1-2H3,(H,20,22). The molecule has 1 amide bonds. The number of ether oxygens (including phenoxy) is 1. The topological polar surface area (TPSA) is 75.7 Å². The number of likely N-dealkylation sites (N-methyl/N-ethyl adjacent to an activating group) is 1. The molecule has 0 atom stereocenters. The van der Waals surface area contributed by atoms with Gasteiger partial charge in [0.25, 0.3) is 0 Å². The second-order valence-electron chi connectivity index (χ2n) is 5.23. The minimum atomic E-state index is -4.10. The summed E-state index contributed by atoms with van der Waals surface area (Å²) in [7, 11) is -1.62. The summed E-state index contributed by atoms with van der Waals surface area (Å²) in [5, 5.41) is 2.36. The zero-order valence-corrected chi connectivity index (χ0v) is 15.4. The lowest BCUT2D eigenvalue weighted by Crippen LogP contribution is -2.35. The van der Waals surface area contributed by atoms with Gasteiger partial charge in [-0.2, -0.15) is 4.31 Å². The molecular formula is C16H15ClF2N2O4S. The second kappa shape index (κ2) is 7.98. The first kappa shape index (κ1) is 20.1. The maximum absolute atomic E-state index is 13.6. The molecule has 6 nitrogen and oxygen atoms in total. The van der Waals surface area contributed by atoms with E-state index in [0.29, 0.717) is 6.07 Å². The highest BCUT2D eigenvalue weighted by atomic mass is 35.5. The number of nitrogens with zero attached hydrogens (tertiary/aromatic N) is 1. The van der Waals surface area contributed by atoms with E-state index in [1.807, 2.05) is 0 Å². The molecule has 0 saturated heterocycles. The number of anilines is 1. The van der Waals surface area contributed by atoms with Gasteiger partial charge in [-0.25, -0.2) is 17.2 Å². The third-order valence-corrected chi connectivity index (χ3v) is 5.45. The largest absolute Gasteiger partial charge is 0.495 e. The highest BCUT2D eigenvalue weighted by Crippen LogP contribution is 2.29. The van der Waals surface area contributed by atoms with E-state index in [0.717, 1.165) is 16.4 Å². The maximum atomic E-state index is 13.6. The van der Waals surface area contributed by atoms with E-state index in [9.17, 15) is 22.0 Å². The number of halogens is 3. The number of hydrogen-bond donors (Lipinski definition) is 1. The summed E-state index contributed by atoms with van der Waals surface area (Å²) in [6.07, 6.45) is 0. The van der Waals surface area contributed by atoms with Crippen LogP contribution in [0.4, 0.5) is 14.5 Å². The zero-order chi connectivity index (χ0) is 19.5. The van der Waals surface area contributed by atoms with Gasteiger partial charge in [0, 0.05) is 18.1 Å². The number of rotatable bonds is 6. The summed E-state index contributed by atoms with van der Waals surface area (Å²) >= 11 is 5.84. The SMILES string of the molecule is COc1ccc(Cl)cc1S(=O)(=O)N(C)CC(=O)Nc1ccc(F)cc1F. The van der Waals surface area contributed by atoms with Crippen molar-refractivity contribution in [3.8, 4) is 5.75 Å². The van der Waals surface area contributed by atoms with Crippen LogP contribution in [0.1, 0.15) is 0 Å². The number of methoxy groups -OCH3 is 1. The molecular weight excluding hydrogens is 390 g/mol. The molecule has 26 heavy (non-hydrogen) atoms. The highest BCUT2D eigenvalue weighted by molar-refractivity contribution is 7.89. The van der Waals surface area contributed by atoms with E-state index in [-0.39, 0.29) is 21.4 Å². The van der Waals surface area contributed by atoms with Crippen molar-refractivity contribution in [1.82, 2.24) is 4.31 Å². The molecule has 1 N–H and O–H groups in total. The van der Waals surface area contributed by atoms with Crippen molar-refractivity contribution in [1.29, 1.82) is 0 Å². The van der Waals surface area contributed by atoms with Crippen molar-refractivity contribution < 1.29 is 26.7 Å². The Labute approximate surface area is 154 Å². The molecule has 0 unspecified atom stereocenters. The predicted octanol–water partition coefficient (Wildman–Crippen LogP) is 2.89. The van der Waals surface area contributed by atoms with Crippen LogP contribution in [-0.2, 0) is 14.8 Å². The molecule has 0 heterocycles. The maximum Gasteiger partial charge on any atom is 0.247 e. The normalized spacial score (nSPS) is 11.5.